The first-order valence-electron chi connectivity index (χ1n) is 5.64. The minimum Gasteiger partial charge on any atom is -0.480 e. The molecular weight excluding hydrogens is 234 g/mol. The first kappa shape index (κ1) is 13.9. The monoisotopic (exact) mass is 253 g/mol. The number of benzene rings is 1. The van der Waals surface area contributed by atoms with Crippen LogP contribution in [0.2, 0.25) is 0 Å². The molecule has 17 heavy (non-hydrogen) atoms. The number of anilines is 1. The predicted molar refractivity (Wildman–Crippen MR) is 72.9 cm³/mol. The maximum atomic E-state index is 10.9. The SMILES string of the molecule is CC(C)Sc1ccc(N(C)C(C)C(=O)O)cc1. The molecule has 0 aliphatic carbocycles. The van der Waals surface area contributed by atoms with Gasteiger partial charge < -0.3 is 10.0 Å². The maximum absolute atomic E-state index is 10.9. The quantitative estimate of drug-likeness (QED) is 0.819. The van der Waals surface area contributed by atoms with Crippen molar-refractivity contribution in [3.63, 3.8) is 0 Å². The summed E-state index contributed by atoms with van der Waals surface area (Å²) < 4.78 is 0. The van der Waals surface area contributed by atoms with Gasteiger partial charge in [0.15, 0.2) is 0 Å². The Morgan fingerprint density at radius 2 is 1.76 bits per heavy atom. The summed E-state index contributed by atoms with van der Waals surface area (Å²) in [6.07, 6.45) is 0. The Morgan fingerprint density at radius 3 is 2.18 bits per heavy atom. The van der Waals surface area contributed by atoms with Crippen LogP contribution in [0.25, 0.3) is 0 Å². The summed E-state index contributed by atoms with van der Waals surface area (Å²) in [6.45, 7) is 5.98. The number of hydrogen-bond acceptors (Lipinski definition) is 3. The molecule has 1 unspecified atom stereocenters. The first-order valence-corrected chi connectivity index (χ1v) is 6.52. The molecule has 3 nitrogen and oxygen atoms in total. The van der Waals surface area contributed by atoms with E-state index in [2.05, 4.69) is 13.8 Å². The predicted octanol–water partition coefficient (Wildman–Crippen LogP) is 3.10. The van der Waals surface area contributed by atoms with Gasteiger partial charge in [-0.1, -0.05) is 13.8 Å². The zero-order chi connectivity index (χ0) is 13.0. The summed E-state index contributed by atoms with van der Waals surface area (Å²) in [7, 11) is 1.80. The van der Waals surface area contributed by atoms with Crippen molar-refractivity contribution in [1.29, 1.82) is 0 Å². The van der Waals surface area contributed by atoms with Crippen molar-refractivity contribution in [2.45, 2.75) is 37.0 Å². The zero-order valence-corrected chi connectivity index (χ0v) is 11.5. The van der Waals surface area contributed by atoms with Gasteiger partial charge in [-0.25, -0.2) is 4.79 Å². The number of rotatable bonds is 5. The van der Waals surface area contributed by atoms with E-state index in [4.69, 9.17) is 5.11 Å². The van der Waals surface area contributed by atoms with Gasteiger partial charge in [0.05, 0.1) is 0 Å². The molecule has 0 bridgehead atoms. The lowest BCUT2D eigenvalue weighted by Crippen LogP contribution is -2.35. The number of hydrogen-bond donors (Lipinski definition) is 1. The Morgan fingerprint density at radius 1 is 1.24 bits per heavy atom. The number of thioether (sulfide) groups is 1. The van der Waals surface area contributed by atoms with Gasteiger partial charge in [-0.3, -0.25) is 0 Å². The van der Waals surface area contributed by atoms with Crippen LogP contribution in [-0.2, 0) is 4.79 Å². The molecular formula is C13H19NO2S. The van der Waals surface area contributed by atoms with Crippen molar-refractivity contribution >= 4 is 23.4 Å². The van der Waals surface area contributed by atoms with Crippen molar-refractivity contribution in [3.05, 3.63) is 24.3 Å². The fraction of sp³-hybridized carbons (Fsp3) is 0.462. The smallest absolute Gasteiger partial charge is 0.326 e. The van der Waals surface area contributed by atoms with Gasteiger partial charge in [-0.15, -0.1) is 11.8 Å². The van der Waals surface area contributed by atoms with E-state index in [1.54, 1.807) is 30.6 Å². The van der Waals surface area contributed by atoms with Crippen LogP contribution in [0.3, 0.4) is 0 Å². The highest BCUT2D eigenvalue weighted by Gasteiger charge is 2.16. The zero-order valence-electron chi connectivity index (χ0n) is 10.7. The molecule has 94 valence electrons. The number of carboxylic acid groups (broad SMARTS) is 1. The van der Waals surface area contributed by atoms with Gasteiger partial charge in [-0.2, -0.15) is 0 Å². The standard InChI is InChI=1S/C13H19NO2S/c1-9(2)17-12-7-5-11(6-8-12)14(4)10(3)13(15)16/h5-10H,1-4H3,(H,15,16). The molecule has 0 heterocycles. The van der Waals surface area contributed by atoms with E-state index in [1.165, 1.54) is 4.90 Å². The third-order valence-corrected chi connectivity index (χ3v) is 3.57. The second-order valence-corrected chi connectivity index (χ2v) is 5.94. The number of nitrogens with zero attached hydrogens (tertiary/aromatic N) is 1. The topological polar surface area (TPSA) is 40.5 Å². The summed E-state index contributed by atoms with van der Waals surface area (Å²) in [6, 6.07) is 7.48. The summed E-state index contributed by atoms with van der Waals surface area (Å²) in [4.78, 5) is 13.8. The van der Waals surface area contributed by atoms with Crippen molar-refractivity contribution in [3.8, 4) is 0 Å². The molecule has 0 saturated heterocycles. The highest BCUT2D eigenvalue weighted by molar-refractivity contribution is 7.99. The van der Waals surface area contributed by atoms with Crippen LogP contribution in [0, 0.1) is 0 Å². The second kappa shape index (κ2) is 5.96. The van der Waals surface area contributed by atoms with Gasteiger partial charge in [0, 0.05) is 22.9 Å². The minimum absolute atomic E-state index is 0.515. The minimum atomic E-state index is -0.812. The number of likely N-dealkylation sites (N-methyl/N-ethyl adjacent to an activating group) is 1. The highest BCUT2D eigenvalue weighted by atomic mass is 32.2. The van der Waals surface area contributed by atoms with E-state index in [9.17, 15) is 4.79 Å². The third kappa shape index (κ3) is 3.97. The van der Waals surface area contributed by atoms with Gasteiger partial charge in [0.1, 0.15) is 6.04 Å². The Bertz CT molecular complexity index is 376. The van der Waals surface area contributed by atoms with Crippen molar-refractivity contribution in [2.24, 2.45) is 0 Å². The van der Waals surface area contributed by atoms with E-state index in [-0.39, 0.29) is 0 Å². The van der Waals surface area contributed by atoms with E-state index >= 15 is 0 Å². The molecule has 0 spiro atoms. The molecule has 1 atom stereocenters. The molecule has 0 fully saturated rings. The average molecular weight is 253 g/mol. The summed E-state index contributed by atoms with van der Waals surface area (Å²) in [5.41, 5.74) is 0.924. The lowest BCUT2D eigenvalue weighted by Gasteiger charge is -2.23. The fourth-order valence-corrected chi connectivity index (χ4v) is 2.26. The first-order chi connectivity index (χ1) is 7.91. The van der Waals surface area contributed by atoms with E-state index in [1.807, 2.05) is 24.3 Å². The van der Waals surface area contributed by atoms with E-state index in [0.717, 1.165) is 5.69 Å². The molecule has 4 heteroatoms. The van der Waals surface area contributed by atoms with Crippen LogP contribution in [0.15, 0.2) is 29.2 Å². The normalized spacial score (nSPS) is 12.5. The Kier molecular flexibility index (Phi) is 4.87. The highest BCUT2D eigenvalue weighted by Crippen LogP contribution is 2.25. The van der Waals surface area contributed by atoms with Crippen molar-refractivity contribution in [1.82, 2.24) is 0 Å². The summed E-state index contributed by atoms with van der Waals surface area (Å²) in [5.74, 6) is -0.812. The Hall–Kier alpha value is -1.16. The van der Waals surface area contributed by atoms with Gasteiger partial charge in [0.25, 0.3) is 0 Å². The summed E-state index contributed by atoms with van der Waals surface area (Å²) in [5, 5.41) is 9.49. The molecule has 0 radical (unpaired) electrons. The van der Waals surface area contributed by atoms with Gasteiger partial charge in [0.2, 0.25) is 0 Å². The van der Waals surface area contributed by atoms with Crippen LogP contribution in [0.5, 0.6) is 0 Å². The van der Waals surface area contributed by atoms with Crippen LogP contribution < -0.4 is 4.90 Å². The molecule has 1 N–H and O–H groups in total. The molecule has 0 amide bonds. The lowest BCUT2D eigenvalue weighted by molar-refractivity contribution is -0.138. The lowest BCUT2D eigenvalue weighted by atomic mass is 10.2. The molecule has 0 aliphatic rings. The van der Waals surface area contributed by atoms with Crippen LogP contribution >= 0.6 is 11.8 Å². The van der Waals surface area contributed by atoms with Crippen molar-refractivity contribution in [2.75, 3.05) is 11.9 Å². The molecule has 1 rings (SSSR count). The van der Waals surface area contributed by atoms with Crippen LogP contribution in [0.4, 0.5) is 5.69 Å². The average Bonchev–Trinajstić information content (AvgIpc) is 2.27. The molecule has 0 aromatic heterocycles. The molecule has 0 saturated carbocycles. The second-order valence-electron chi connectivity index (χ2n) is 4.29. The molecule has 1 aromatic carbocycles. The molecule has 0 aliphatic heterocycles. The Balaban J connectivity index is 2.76. The molecule has 1 aromatic rings. The number of aliphatic carboxylic acids is 1. The summed E-state index contributed by atoms with van der Waals surface area (Å²) >= 11 is 1.80. The van der Waals surface area contributed by atoms with Crippen LogP contribution in [-0.4, -0.2) is 29.4 Å². The fourth-order valence-electron chi connectivity index (χ4n) is 1.42. The number of carboxylic acids is 1. The van der Waals surface area contributed by atoms with Gasteiger partial charge >= 0.3 is 5.97 Å². The maximum Gasteiger partial charge on any atom is 0.326 e. The van der Waals surface area contributed by atoms with Crippen molar-refractivity contribution < 1.29 is 9.90 Å². The third-order valence-electron chi connectivity index (χ3n) is 2.55. The number of carbonyl (C=O) groups is 1. The van der Waals surface area contributed by atoms with E-state index < -0.39 is 12.0 Å². The van der Waals surface area contributed by atoms with Crippen LogP contribution in [0.1, 0.15) is 20.8 Å². The largest absolute Gasteiger partial charge is 0.480 e. The van der Waals surface area contributed by atoms with E-state index in [0.29, 0.717) is 5.25 Å². The van der Waals surface area contributed by atoms with Gasteiger partial charge in [-0.05, 0) is 31.2 Å². The Labute approximate surface area is 107 Å².